The first-order chi connectivity index (χ1) is 11.1. The van der Waals surface area contributed by atoms with E-state index in [1.54, 1.807) is 12.4 Å². The van der Waals surface area contributed by atoms with Crippen molar-refractivity contribution in [3.63, 3.8) is 0 Å². The van der Waals surface area contributed by atoms with Crippen LogP contribution in [0.5, 0.6) is 0 Å². The van der Waals surface area contributed by atoms with E-state index in [0.717, 1.165) is 48.5 Å². The summed E-state index contributed by atoms with van der Waals surface area (Å²) in [5.74, 6) is 0.194. The highest BCUT2D eigenvalue weighted by molar-refractivity contribution is 5.77. The van der Waals surface area contributed by atoms with E-state index in [0.29, 0.717) is 6.42 Å². The highest BCUT2D eigenvalue weighted by Crippen LogP contribution is 2.31. The van der Waals surface area contributed by atoms with Gasteiger partial charge in [-0.2, -0.15) is 5.10 Å². The Morgan fingerprint density at radius 2 is 2.13 bits per heavy atom. The van der Waals surface area contributed by atoms with Gasteiger partial charge in [0, 0.05) is 31.9 Å². The molecule has 0 bridgehead atoms. The van der Waals surface area contributed by atoms with Crippen LogP contribution in [0, 0.1) is 13.8 Å². The minimum absolute atomic E-state index is 0.0740. The molecule has 1 atom stereocenters. The molecule has 0 spiro atoms. The van der Waals surface area contributed by atoms with Crippen LogP contribution in [-0.2, 0) is 18.3 Å². The van der Waals surface area contributed by atoms with Crippen molar-refractivity contribution in [2.75, 3.05) is 6.54 Å². The zero-order chi connectivity index (χ0) is 16.4. The van der Waals surface area contributed by atoms with E-state index in [1.165, 1.54) is 0 Å². The van der Waals surface area contributed by atoms with Gasteiger partial charge in [0.25, 0.3) is 0 Å². The third-order valence-corrected chi connectivity index (χ3v) is 4.63. The molecule has 1 aliphatic rings. The fourth-order valence-electron chi connectivity index (χ4n) is 3.19. The quantitative estimate of drug-likeness (QED) is 0.867. The maximum absolute atomic E-state index is 12.7. The largest absolute Gasteiger partial charge is 0.334 e. The first kappa shape index (κ1) is 15.6. The smallest absolute Gasteiger partial charge is 0.223 e. The van der Waals surface area contributed by atoms with Crippen LogP contribution in [-0.4, -0.2) is 37.1 Å². The van der Waals surface area contributed by atoms with Gasteiger partial charge in [0.15, 0.2) is 0 Å². The minimum Gasteiger partial charge on any atom is -0.334 e. The lowest BCUT2D eigenvalue weighted by Gasteiger charge is -2.24. The van der Waals surface area contributed by atoms with Gasteiger partial charge in [-0.1, -0.05) is 0 Å². The molecule has 0 aliphatic carbocycles. The molecule has 3 heterocycles. The number of hydrogen-bond donors (Lipinski definition) is 0. The lowest BCUT2D eigenvalue weighted by molar-refractivity contribution is -0.132. The van der Waals surface area contributed by atoms with Crippen molar-refractivity contribution in [1.82, 2.24) is 24.6 Å². The summed E-state index contributed by atoms with van der Waals surface area (Å²) in [6, 6.07) is 0.0740. The number of rotatable bonds is 4. The number of amides is 1. The summed E-state index contributed by atoms with van der Waals surface area (Å²) in [5, 5.41) is 4.24. The van der Waals surface area contributed by atoms with E-state index < -0.39 is 0 Å². The Kier molecular flexibility index (Phi) is 4.41. The van der Waals surface area contributed by atoms with Crippen LogP contribution in [0.4, 0.5) is 0 Å². The van der Waals surface area contributed by atoms with Crippen molar-refractivity contribution in [1.29, 1.82) is 0 Å². The van der Waals surface area contributed by atoms with Crippen LogP contribution in [0.1, 0.15) is 47.9 Å². The van der Waals surface area contributed by atoms with Crippen LogP contribution in [0.15, 0.2) is 18.6 Å². The molecule has 0 saturated carbocycles. The van der Waals surface area contributed by atoms with Crippen molar-refractivity contribution >= 4 is 5.91 Å². The molecule has 1 saturated heterocycles. The van der Waals surface area contributed by atoms with Crippen molar-refractivity contribution in [3.05, 3.63) is 41.2 Å². The highest BCUT2D eigenvalue weighted by atomic mass is 16.2. The van der Waals surface area contributed by atoms with Crippen molar-refractivity contribution < 1.29 is 4.79 Å². The predicted octanol–water partition coefficient (Wildman–Crippen LogP) is 2.12. The molecule has 1 fully saturated rings. The Labute approximate surface area is 136 Å². The Morgan fingerprint density at radius 3 is 2.83 bits per heavy atom. The number of carbonyl (C=O) groups is 1. The first-order valence-corrected chi connectivity index (χ1v) is 8.11. The monoisotopic (exact) mass is 313 g/mol. The highest BCUT2D eigenvalue weighted by Gasteiger charge is 2.30. The Morgan fingerprint density at radius 1 is 1.30 bits per heavy atom. The number of nitrogens with zero attached hydrogens (tertiary/aromatic N) is 5. The van der Waals surface area contributed by atoms with Crippen molar-refractivity contribution in [2.24, 2.45) is 7.05 Å². The minimum atomic E-state index is 0.0740. The molecular weight excluding hydrogens is 290 g/mol. The third kappa shape index (κ3) is 3.25. The number of hydrogen-bond acceptors (Lipinski definition) is 4. The van der Waals surface area contributed by atoms with Crippen LogP contribution in [0.25, 0.3) is 0 Å². The Balaban J connectivity index is 1.67. The molecule has 6 heteroatoms. The molecule has 0 unspecified atom stereocenters. The molecule has 6 nitrogen and oxygen atoms in total. The van der Waals surface area contributed by atoms with E-state index in [4.69, 9.17) is 0 Å². The maximum atomic E-state index is 12.7. The van der Waals surface area contributed by atoms with Gasteiger partial charge in [-0.05, 0) is 38.7 Å². The van der Waals surface area contributed by atoms with E-state index in [9.17, 15) is 4.79 Å². The predicted molar refractivity (Wildman–Crippen MR) is 86.7 cm³/mol. The molecule has 0 aromatic carbocycles. The summed E-state index contributed by atoms with van der Waals surface area (Å²) in [4.78, 5) is 23.4. The second-order valence-corrected chi connectivity index (χ2v) is 6.21. The first-order valence-electron chi connectivity index (χ1n) is 8.11. The normalized spacial score (nSPS) is 17.7. The van der Waals surface area contributed by atoms with Gasteiger partial charge in [-0.3, -0.25) is 19.4 Å². The topological polar surface area (TPSA) is 63.9 Å². The van der Waals surface area contributed by atoms with E-state index in [2.05, 4.69) is 15.1 Å². The summed E-state index contributed by atoms with van der Waals surface area (Å²) >= 11 is 0. The van der Waals surface area contributed by atoms with Crippen molar-refractivity contribution in [3.8, 4) is 0 Å². The van der Waals surface area contributed by atoms with Crippen LogP contribution in [0.3, 0.4) is 0 Å². The molecule has 2 aromatic heterocycles. The average molecular weight is 313 g/mol. The molecule has 122 valence electrons. The number of aryl methyl sites for hydroxylation is 3. The van der Waals surface area contributed by atoms with Crippen LogP contribution >= 0.6 is 0 Å². The molecule has 0 radical (unpaired) electrons. The third-order valence-electron chi connectivity index (χ3n) is 4.63. The van der Waals surface area contributed by atoms with Crippen LogP contribution in [0.2, 0.25) is 0 Å². The van der Waals surface area contributed by atoms with Gasteiger partial charge in [0.2, 0.25) is 5.91 Å². The Hall–Kier alpha value is -2.24. The zero-order valence-corrected chi connectivity index (χ0v) is 14.0. The van der Waals surface area contributed by atoms with E-state index >= 15 is 0 Å². The van der Waals surface area contributed by atoms with Gasteiger partial charge < -0.3 is 4.90 Å². The van der Waals surface area contributed by atoms with Gasteiger partial charge in [-0.15, -0.1) is 0 Å². The van der Waals surface area contributed by atoms with Gasteiger partial charge in [0.1, 0.15) is 0 Å². The lowest BCUT2D eigenvalue weighted by atomic mass is 10.1. The molecule has 23 heavy (non-hydrogen) atoms. The number of likely N-dealkylation sites (tertiary alicyclic amines) is 1. The molecular formula is C17H23N5O. The number of aromatic nitrogens is 4. The standard InChI is InChI=1S/C17H23N5O/c1-12-9-18-11-15(20-12)16-5-4-8-22(16)17(23)7-6-14-10-19-21(3)13(14)2/h9-11,16H,4-8H2,1-3H3/t16-/m1/s1. The lowest BCUT2D eigenvalue weighted by Crippen LogP contribution is -2.31. The second-order valence-electron chi connectivity index (χ2n) is 6.21. The van der Waals surface area contributed by atoms with Gasteiger partial charge in [-0.25, -0.2) is 0 Å². The van der Waals surface area contributed by atoms with E-state index in [1.807, 2.05) is 36.7 Å². The fourth-order valence-corrected chi connectivity index (χ4v) is 3.19. The second kappa shape index (κ2) is 6.48. The van der Waals surface area contributed by atoms with Gasteiger partial charge >= 0.3 is 0 Å². The maximum Gasteiger partial charge on any atom is 0.223 e. The average Bonchev–Trinajstić information content (AvgIpc) is 3.14. The summed E-state index contributed by atoms with van der Waals surface area (Å²) < 4.78 is 1.85. The van der Waals surface area contributed by atoms with E-state index in [-0.39, 0.29) is 11.9 Å². The van der Waals surface area contributed by atoms with Crippen LogP contribution < -0.4 is 0 Å². The molecule has 3 rings (SSSR count). The molecule has 1 aliphatic heterocycles. The molecule has 0 N–H and O–H groups in total. The zero-order valence-electron chi connectivity index (χ0n) is 14.0. The number of carbonyl (C=O) groups excluding carboxylic acids is 1. The summed E-state index contributed by atoms with van der Waals surface area (Å²) in [5.41, 5.74) is 4.08. The Bertz CT molecular complexity index is 709. The summed E-state index contributed by atoms with van der Waals surface area (Å²) in [6.45, 7) is 4.78. The molecule has 2 aromatic rings. The van der Waals surface area contributed by atoms with Crippen molar-refractivity contribution in [2.45, 2.75) is 45.6 Å². The van der Waals surface area contributed by atoms with Gasteiger partial charge in [0.05, 0.1) is 29.8 Å². The molecule has 1 amide bonds. The summed E-state index contributed by atoms with van der Waals surface area (Å²) in [6.07, 6.45) is 8.64. The fraction of sp³-hybridized carbons (Fsp3) is 0.529. The summed E-state index contributed by atoms with van der Waals surface area (Å²) in [7, 11) is 1.92. The SMILES string of the molecule is Cc1cncc([C@H]2CCCN2C(=O)CCc2cnn(C)c2C)n1.